The van der Waals surface area contributed by atoms with E-state index in [1.807, 2.05) is 13.8 Å². The second-order valence-corrected chi connectivity index (χ2v) is 3.95. The normalized spacial score (nSPS) is 12.3. The van der Waals surface area contributed by atoms with Crippen molar-refractivity contribution in [3.63, 3.8) is 0 Å². The molecule has 80 valence electrons. The van der Waals surface area contributed by atoms with Crippen molar-refractivity contribution in [2.45, 2.75) is 19.9 Å². The smallest absolute Gasteiger partial charge is 0.211 e. The summed E-state index contributed by atoms with van der Waals surface area (Å²) in [6, 6.07) is 3.83. The minimum absolute atomic E-state index is 0.0131. The Morgan fingerprint density at radius 1 is 1.47 bits per heavy atom. The molecule has 0 aliphatic rings. The Bertz CT molecular complexity index is 379. The zero-order chi connectivity index (χ0) is 11.4. The quantitative estimate of drug-likeness (QED) is 0.574. The van der Waals surface area contributed by atoms with Crippen LogP contribution in [-0.2, 0) is 4.79 Å². The highest BCUT2D eigenvalue weighted by molar-refractivity contribution is 6.31. The summed E-state index contributed by atoms with van der Waals surface area (Å²) >= 11 is 5.87. The van der Waals surface area contributed by atoms with E-state index in [0.717, 1.165) is 0 Å². The Kier molecular flexibility index (Phi) is 4.01. The average Bonchev–Trinajstić information content (AvgIpc) is 2.15. The zero-order valence-electron chi connectivity index (χ0n) is 8.50. The lowest BCUT2D eigenvalue weighted by molar-refractivity contribution is 0.479. The highest BCUT2D eigenvalue weighted by atomic mass is 35.5. The van der Waals surface area contributed by atoms with Gasteiger partial charge in [-0.1, -0.05) is 31.5 Å². The van der Waals surface area contributed by atoms with Crippen LogP contribution in [0.1, 0.15) is 25.5 Å². The maximum Gasteiger partial charge on any atom is 0.235 e. The fourth-order valence-electron chi connectivity index (χ4n) is 1.40. The van der Waals surface area contributed by atoms with Crippen LogP contribution in [0.15, 0.2) is 23.2 Å². The molecule has 0 radical (unpaired) electrons. The maximum absolute atomic E-state index is 13.5. The highest BCUT2D eigenvalue weighted by Crippen LogP contribution is 2.32. The van der Waals surface area contributed by atoms with Crippen LogP contribution in [0.4, 0.5) is 4.39 Å². The Hall–Kier alpha value is -1.18. The van der Waals surface area contributed by atoms with Gasteiger partial charge in [0.2, 0.25) is 6.08 Å². The maximum atomic E-state index is 13.5. The number of hydrogen-bond donors (Lipinski definition) is 0. The summed E-state index contributed by atoms with van der Waals surface area (Å²) in [7, 11) is 0. The van der Waals surface area contributed by atoms with Gasteiger partial charge in [-0.05, 0) is 18.1 Å². The van der Waals surface area contributed by atoms with Crippen molar-refractivity contribution in [3.8, 4) is 0 Å². The van der Waals surface area contributed by atoms with Crippen molar-refractivity contribution >= 4 is 17.7 Å². The molecule has 0 saturated heterocycles. The third kappa shape index (κ3) is 2.65. The van der Waals surface area contributed by atoms with Crippen LogP contribution in [0, 0.1) is 11.7 Å². The van der Waals surface area contributed by atoms with Crippen LogP contribution in [0.5, 0.6) is 0 Å². The van der Waals surface area contributed by atoms with Crippen molar-refractivity contribution < 1.29 is 9.18 Å². The molecule has 0 heterocycles. The minimum atomic E-state index is -0.573. The fraction of sp³-hybridized carbons (Fsp3) is 0.364. The molecule has 1 unspecified atom stereocenters. The van der Waals surface area contributed by atoms with Gasteiger partial charge in [0.05, 0.1) is 6.04 Å². The molecule has 2 nitrogen and oxygen atoms in total. The van der Waals surface area contributed by atoms with Gasteiger partial charge in [0.1, 0.15) is 5.82 Å². The second-order valence-electron chi connectivity index (χ2n) is 3.54. The second kappa shape index (κ2) is 5.06. The molecule has 0 saturated carbocycles. The van der Waals surface area contributed by atoms with Gasteiger partial charge in [0, 0.05) is 10.6 Å². The molecular weight excluding hydrogens is 217 g/mol. The molecule has 1 rings (SSSR count). The van der Waals surface area contributed by atoms with Crippen molar-refractivity contribution in [2.75, 3.05) is 0 Å². The first-order chi connectivity index (χ1) is 7.07. The van der Waals surface area contributed by atoms with Crippen LogP contribution in [0.2, 0.25) is 5.02 Å². The van der Waals surface area contributed by atoms with E-state index in [1.165, 1.54) is 18.2 Å². The Morgan fingerprint density at radius 3 is 2.60 bits per heavy atom. The van der Waals surface area contributed by atoms with Crippen LogP contribution < -0.4 is 0 Å². The number of carbonyl (C=O) groups excluding carboxylic acids is 1. The first-order valence-electron chi connectivity index (χ1n) is 4.58. The zero-order valence-corrected chi connectivity index (χ0v) is 9.25. The third-order valence-electron chi connectivity index (χ3n) is 2.12. The number of benzene rings is 1. The molecule has 1 atom stereocenters. The Balaban J connectivity index is 3.27. The molecule has 0 N–H and O–H groups in total. The number of rotatable bonds is 3. The molecule has 1 aromatic rings. The van der Waals surface area contributed by atoms with Gasteiger partial charge in [0.25, 0.3) is 0 Å². The van der Waals surface area contributed by atoms with Gasteiger partial charge in [-0.3, -0.25) is 0 Å². The number of nitrogens with zero attached hydrogens (tertiary/aromatic N) is 1. The molecule has 0 spiro atoms. The van der Waals surface area contributed by atoms with E-state index < -0.39 is 11.9 Å². The minimum Gasteiger partial charge on any atom is -0.211 e. The first-order valence-corrected chi connectivity index (χ1v) is 4.96. The summed E-state index contributed by atoms with van der Waals surface area (Å²) in [6.07, 6.45) is 1.45. The summed E-state index contributed by atoms with van der Waals surface area (Å²) in [4.78, 5) is 13.8. The molecule has 0 fully saturated rings. The summed E-state index contributed by atoms with van der Waals surface area (Å²) < 4.78 is 13.5. The summed E-state index contributed by atoms with van der Waals surface area (Å²) in [5.74, 6) is -0.457. The molecule has 0 bridgehead atoms. The van der Waals surface area contributed by atoms with E-state index in [0.29, 0.717) is 0 Å². The van der Waals surface area contributed by atoms with Crippen molar-refractivity contribution in [2.24, 2.45) is 10.9 Å². The van der Waals surface area contributed by atoms with Gasteiger partial charge in [0.15, 0.2) is 0 Å². The van der Waals surface area contributed by atoms with E-state index in [9.17, 15) is 9.18 Å². The molecule has 15 heavy (non-hydrogen) atoms. The lowest BCUT2D eigenvalue weighted by Gasteiger charge is -2.16. The van der Waals surface area contributed by atoms with E-state index in [-0.39, 0.29) is 16.5 Å². The van der Waals surface area contributed by atoms with Crippen molar-refractivity contribution in [1.82, 2.24) is 0 Å². The predicted molar refractivity (Wildman–Crippen MR) is 57.1 cm³/mol. The first kappa shape index (κ1) is 11.9. The van der Waals surface area contributed by atoms with Gasteiger partial charge >= 0.3 is 0 Å². The molecule has 1 aromatic carbocycles. The fourth-order valence-corrected chi connectivity index (χ4v) is 1.67. The Labute approximate surface area is 92.8 Å². The van der Waals surface area contributed by atoms with E-state index in [1.54, 1.807) is 6.07 Å². The number of halogens is 2. The molecule has 4 heteroatoms. The molecule has 0 aliphatic carbocycles. The predicted octanol–water partition coefficient (Wildman–Crippen LogP) is 3.51. The van der Waals surface area contributed by atoms with Crippen molar-refractivity contribution in [3.05, 3.63) is 34.6 Å². The van der Waals surface area contributed by atoms with Gasteiger partial charge in [-0.2, -0.15) is 4.99 Å². The number of hydrogen-bond acceptors (Lipinski definition) is 2. The van der Waals surface area contributed by atoms with E-state index >= 15 is 0 Å². The topological polar surface area (TPSA) is 29.4 Å². The average molecular weight is 228 g/mol. The number of isocyanates is 1. The molecule has 0 amide bonds. The van der Waals surface area contributed by atoms with Crippen LogP contribution in [0.25, 0.3) is 0 Å². The van der Waals surface area contributed by atoms with Gasteiger partial charge in [-0.15, -0.1) is 0 Å². The van der Waals surface area contributed by atoms with Crippen LogP contribution >= 0.6 is 11.6 Å². The monoisotopic (exact) mass is 227 g/mol. The molecule has 0 aliphatic heterocycles. The lowest BCUT2D eigenvalue weighted by atomic mass is 9.96. The molecular formula is C11H11ClFNO. The van der Waals surface area contributed by atoms with Gasteiger partial charge < -0.3 is 0 Å². The van der Waals surface area contributed by atoms with Crippen LogP contribution in [0.3, 0.4) is 0 Å². The highest BCUT2D eigenvalue weighted by Gasteiger charge is 2.21. The van der Waals surface area contributed by atoms with E-state index in [2.05, 4.69) is 4.99 Å². The van der Waals surface area contributed by atoms with Crippen molar-refractivity contribution in [1.29, 1.82) is 0 Å². The lowest BCUT2D eigenvalue weighted by Crippen LogP contribution is -2.07. The van der Waals surface area contributed by atoms with E-state index in [4.69, 9.17) is 11.6 Å². The SMILES string of the molecule is CC(C)C(N=C=O)c1c(F)cccc1Cl. The number of aliphatic imine (C=N–C) groups is 1. The summed E-state index contributed by atoms with van der Waals surface area (Å²) in [5, 5.41) is 0.285. The largest absolute Gasteiger partial charge is 0.235 e. The van der Waals surface area contributed by atoms with Gasteiger partial charge in [-0.25, -0.2) is 9.18 Å². The summed E-state index contributed by atoms with van der Waals surface area (Å²) in [5.41, 5.74) is 0.262. The molecule has 0 aromatic heterocycles. The standard InChI is InChI=1S/C11H11ClFNO/c1-7(2)11(14-6-15)10-8(12)4-3-5-9(10)13/h3-5,7,11H,1-2H3. The summed E-state index contributed by atoms with van der Waals surface area (Å²) in [6.45, 7) is 3.68. The third-order valence-corrected chi connectivity index (χ3v) is 2.45. The van der Waals surface area contributed by atoms with Crippen LogP contribution in [-0.4, -0.2) is 6.08 Å². The Morgan fingerprint density at radius 2 is 2.13 bits per heavy atom.